The number of hydrogen-bond donors (Lipinski definition) is 0. The van der Waals surface area contributed by atoms with Crippen LogP contribution < -0.4 is 0 Å². The lowest BCUT2D eigenvalue weighted by Gasteiger charge is -2.06. The second-order valence-electron chi connectivity index (χ2n) is 3.66. The van der Waals surface area contributed by atoms with Crippen molar-refractivity contribution in [3.8, 4) is 5.82 Å². The van der Waals surface area contributed by atoms with Crippen molar-refractivity contribution in [3.05, 3.63) is 42.1 Å². The zero-order chi connectivity index (χ0) is 12.4. The number of carbonyl (C=O) groups is 1. The standard InChI is InChI=1S/C11H11FN4O/c1-15(2)11(17)8-6-7-16(14-8)10-5-3-4-9(12)13-10/h3-7H,1-2H3. The number of halogens is 1. The Labute approximate surface area is 97.5 Å². The van der Waals surface area contributed by atoms with Gasteiger partial charge in [0.25, 0.3) is 5.91 Å². The Kier molecular flexibility index (Phi) is 2.86. The molecule has 0 aromatic carbocycles. The minimum Gasteiger partial charge on any atom is -0.343 e. The SMILES string of the molecule is CN(C)C(=O)c1ccn(-c2cccc(F)n2)n1. The van der Waals surface area contributed by atoms with Gasteiger partial charge in [-0.25, -0.2) is 9.67 Å². The van der Waals surface area contributed by atoms with Gasteiger partial charge in [-0.05, 0) is 18.2 Å². The Morgan fingerprint density at radius 1 is 1.35 bits per heavy atom. The maximum Gasteiger partial charge on any atom is 0.273 e. The Hall–Kier alpha value is -2.24. The van der Waals surface area contributed by atoms with E-state index in [0.717, 1.165) is 0 Å². The van der Waals surface area contributed by atoms with Crippen molar-refractivity contribution in [2.75, 3.05) is 14.1 Å². The van der Waals surface area contributed by atoms with E-state index in [0.29, 0.717) is 11.5 Å². The number of aromatic nitrogens is 3. The molecular weight excluding hydrogens is 223 g/mol. The summed E-state index contributed by atoms with van der Waals surface area (Å²) in [6.45, 7) is 0. The minimum absolute atomic E-state index is 0.208. The van der Waals surface area contributed by atoms with E-state index in [9.17, 15) is 9.18 Å². The van der Waals surface area contributed by atoms with Gasteiger partial charge < -0.3 is 4.90 Å². The van der Waals surface area contributed by atoms with Gasteiger partial charge in [0, 0.05) is 20.3 Å². The van der Waals surface area contributed by atoms with Gasteiger partial charge in [0.05, 0.1) is 0 Å². The van der Waals surface area contributed by atoms with E-state index in [-0.39, 0.29) is 5.91 Å². The summed E-state index contributed by atoms with van der Waals surface area (Å²) >= 11 is 0. The number of pyridine rings is 1. The molecule has 0 N–H and O–H groups in total. The topological polar surface area (TPSA) is 51.0 Å². The van der Waals surface area contributed by atoms with Crippen molar-refractivity contribution in [1.29, 1.82) is 0 Å². The van der Waals surface area contributed by atoms with Crippen LogP contribution in [0.3, 0.4) is 0 Å². The molecule has 2 aromatic heterocycles. The summed E-state index contributed by atoms with van der Waals surface area (Å²) in [5, 5.41) is 4.04. The molecule has 0 unspecified atom stereocenters. The number of nitrogens with zero attached hydrogens (tertiary/aromatic N) is 4. The lowest BCUT2D eigenvalue weighted by Crippen LogP contribution is -2.22. The number of rotatable bonds is 2. The van der Waals surface area contributed by atoms with Crippen molar-refractivity contribution in [2.24, 2.45) is 0 Å². The molecule has 88 valence electrons. The Morgan fingerprint density at radius 3 is 2.76 bits per heavy atom. The van der Waals surface area contributed by atoms with Crippen molar-refractivity contribution in [3.63, 3.8) is 0 Å². The van der Waals surface area contributed by atoms with Crippen LogP contribution >= 0.6 is 0 Å². The molecule has 2 heterocycles. The molecule has 0 aliphatic rings. The van der Waals surface area contributed by atoms with Crippen molar-refractivity contribution in [2.45, 2.75) is 0 Å². The molecule has 0 radical (unpaired) electrons. The highest BCUT2D eigenvalue weighted by atomic mass is 19.1. The second kappa shape index (κ2) is 4.32. The summed E-state index contributed by atoms with van der Waals surface area (Å²) in [7, 11) is 3.28. The van der Waals surface area contributed by atoms with Gasteiger partial charge in [0.2, 0.25) is 5.95 Å². The average molecular weight is 234 g/mol. The molecule has 5 nitrogen and oxygen atoms in total. The van der Waals surface area contributed by atoms with Crippen LogP contribution in [0.5, 0.6) is 0 Å². The molecule has 2 aromatic rings. The third-order valence-electron chi connectivity index (χ3n) is 2.15. The van der Waals surface area contributed by atoms with Crippen LogP contribution in [0.1, 0.15) is 10.5 Å². The Morgan fingerprint density at radius 2 is 2.12 bits per heavy atom. The van der Waals surface area contributed by atoms with Gasteiger partial charge in [0.1, 0.15) is 0 Å². The van der Waals surface area contributed by atoms with Crippen LogP contribution in [0.25, 0.3) is 5.82 Å². The van der Waals surface area contributed by atoms with E-state index >= 15 is 0 Å². The predicted molar refractivity (Wildman–Crippen MR) is 59.3 cm³/mol. The van der Waals surface area contributed by atoms with Crippen molar-refractivity contribution >= 4 is 5.91 Å². The summed E-state index contributed by atoms with van der Waals surface area (Å²) in [6.07, 6.45) is 1.57. The molecule has 0 aliphatic heterocycles. The van der Waals surface area contributed by atoms with Crippen molar-refractivity contribution < 1.29 is 9.18 Å². The van der Waals surface area contributed by atoms with Gasteiger partial charge in [-0.2, -0.15) is 9.49 Å². The van der Waals surface area contributed by atoms with Gasteiger partial charge >= 0.3 is 0 Å². The molecule has 0 saturated carbocycles. The Bertz CT molecular complexity index is 550. The summed E-state index contributed by atoms with van der Waals surface area (Å²) in [6, 6.07) is 5.96. The third-order valence-corrected chi connectivity index (χ3v) is 2.15. The fraction of sp³-hybridized carbons (Fsp3) is 0.182. The van der Waals surface area contributed by atoms with E-state index in [1.165, 1.54) is 21.7 Å². The smallest absolute Gasteiger partial charge is 0.273 e. The molecule has 6 heteroatoms. The van der Waals surface area contributed by atoms with Gasteiger partial charge in [-0.1, -0.05) is 6.07 Å². The highest BCUT2D eigenvalue weighted by molar-refractivity contribution is 5.91. The molecule has 0 aliphatic carbocycles. The van der Waals surface area contributed by atoms with Crippen LogP contribution in [-0.2, 0) is 0 Å². The van der Waals surface area contributed by atoms with Crippen LogP contribution in [0.4, 0.5) is 4.39 Å². The normalized spacial score (nSPS) is 10.3. The fourth-order valence-corrected chi connectivity index (χ4v) is 1.32. The highest BCUT2D eigenvalue weighted by Crippen LogP contribution is 2.06. The second-order valence-corrected chi connectivity index (χ2v) is 3.66. The predicted octanol–water partition coefficient (Wildman–Crippen LogP) is 1.11. The van der Waals surface area contributed by atoms with E-state index < -0.39 is 5.95 Å². The number of carbonyl (C=O) groups excluding carboxylic acids is 1. The number of amides is 1. The van der Waals surface area contributed by atoms with Gasteiger partial charge in [-0.15, -0.1) is 0 Å². The molecular formula is C11H11FN4O. The first-order valence-electron chi connectivity index (χ1n) is 4.98. The summed E-state index contributed by atoms with van der Waals surface area (Å²) in [4.78, 5) is 16.7. The lowest BCUT2D eigenvalue weighted by atomic mass is 10.4. The molecule has 2 rings (SSSR count). The van der Waals surface area contributed by atoms with Crippen LogP contribution in [0.15, 0.2) is 30.5 Å². The quantitative estimate of drug-likeness (QED) is 0.731. The van der Waals surface area contributed by atoms with Crippen LogP contribution in [-0.4, -0.2) is 39.7 Å². The first kappa shape index (κ1) is 11.3. The maximum atomic E-state index is 12.9. The van der Waals surface area contributed by atoms with E-state index in [1.807, 2.05) is 0 Å². The van der Waals surface area contributed by atoms with E-state index in [4.69, 9.17) is 0 Å². The lowest BCUT2D eigenvalue weighted by molar-refractivity contribution is 0.0821. The molecule has 17 heavy (non-hydrogen) atoms. The molecule has 0 bridgehead atoms. The molecule has 0 atom stereocenters. The molecule has 0 spiro atoms. The fourth-order valence-electron chi connectivity index (χ4n) is 1.32. The first-order chi connectivity index (χ1) is 8.08. The Balaban J connectivity index is 2.33. The van der Waals surface area contributed by atoms with Gasteiger partial charge in [-0.3, -0.25) is 4.79 Å². The summed E-state index contributed by atoms with van der Waals surface area (Å²) in [5.41, 5.74) is 0.293. The van der Waals surface area contributed by atoms with Crippen LogP contribution in [0, 0.1) is 5.95 Å². The van der Waals surface area contributed by atoms with Gasteiger partial charge in [0.15, 0.2) is 11.5 Å². The first-order valence-corrected chi connectivity index (χ1v) is 4.98. The molecule has 0 fully saturated rings. The van der Waals surface area contributed by atoms with E-state index in [1.54, 1.807) is 32.4 Å². The largest absolute Gasteiger partial charge is 0.343 e. The average Bonchev–Trinajstić information content (AvgIpc) is 2.77. The minimum atomic E-state index is -0.585. The molecule has 0 saturated heterocycles. The molecule has 1 amide bonds. The maximum absolute atomic E-state index is 12.9. The summed E-state index contributed by atoms with van der Waals surface area (Å²) < 4.78 is 14.3. The zero-order valence-corrected chi connectivity index (χ0v) is 9.46. The highest BCUT2D eigenvalue weighted by Gasteiger charge is 2.12. The summed E-state index contributed by atoms with van der Waals surface area (Å²) in [5.74, 6) is -0.457. The van der Waals surface area contributed by atoms with E-state index in [2.05, 4.69) is 10.1 Å². The van der Waals surface area contributed by atoms with Crippen LogP contribution in [0.2, 0.25) is 0 Å². The third kappa shape index (κ3) is 2.30. The zero-order valence-electron chi connectivity index (χ0n) is 9.46. The number of hydrogen-bond acceptors (Lipinski definition) is 3. The monoisotopic (exact) mass is 234 g/mol. The van der Waals surface area contributed by atoms with Crippen molar-refractivity contribution in [1.82, 2.24) is 19.7 Å².